The molecular formula is C13H15NO3. The number of hydrogen-bond donors (Lipinski definition) is 2. The van der Waals surface area contributed by atoms with Gasteiger partial charge in [0.25, 0.3) is 0 Å². The van der Waals surface area contributed by atoms with Crippen LogP contribution in [0, 0.1) is 5.41 Å². The first-order chi connectivity index (χ1) is 8.21. The summed E-state index contributed by atoms with van der Waals surface area (Å²) in [5.74, 6) is 0.0565. The number of aliphatic hydroxyl groups excluding tert-OH is 1. The van der Waals surface area contributed by atoms with E-state index >= 15 is 0 Å². The standard InChI is InChI=1S/C13H15NO3/c15-6-13(7-17-8-13)5-9-1-2-11-10(3-9)4-12(16)14-11/h1-3,15H,4-8H2,(H,14,16). The molecule has 4 heteroatoms. The van der Waals surface area contributed by atoms with Crippen molar-refractivity contribution in [3.63, 3.8) is 0 Å². The molecule has 3 rings (SSSR count). The third-order valence-corrected chi connectivity index (χ3v) is 3.53. The lowest BCUT2D eigenvalue weighted by atomic mass is 9.80. The molecule has 1 saturated heterocycles. The molecule has 1 fully saturated rings. The van der Waals surface area contributed by atoms with Gasteiger partial charge < -0.3 is 15.2 Å². The molecule has 2 aliphatic heterocycles. The van der Waals surface area contributed by atoms with Crippen LogP contribution in [-0.4, -0.2) is 30.8 Å². The topological polar surface area (TPSA) is 58.6 Å². The van der Waals surface area contributed by atoms with Crippen molar-refractivity contribution in [1.82, 2.24) is 0 Å². The fraction of sp³-hybridized carbons (Fsp3) is 0.462. The normalized spacial score (nSPS) is 20.6. The zero-order valence-electron chi connectivity index (χ0n) is 9.53. The lowest BCUT2D eigenvalue weighted by Crippen LogP contribution is -2.47. The van der Waals surface area contributed by atoms with Gasteiger partial charge in [-0.25, -0.2) is 0 Å². The summed E-state index contributed by atoms with van der Waals surface area (Å²) in [7, 11) is 0. The van der Waals surface area contributed by atoms with Crippen LogP contribution < -0.4 is 5.32 Å². The SMILES string of the molecule is O=C1Cc2cc(CC3(CO)COC3)ccc2N1. The number of hydrogen-bond acceptors (Lipinski definition) is 3. The van der Waals surface area contributed by atoms with E-state index in [1.807, 2.05) is 12.1 Å². The molecule has 0 bridgehead atoms. The number of carbonyl (C=O) groups excluding carboxylic acids is 1. The highest BCUT2D eigenvalue weighted by Gasteiger charge is 2.38. The zero-order valence-corrected chi connectivity index (χ0v) is 9.53. The van der Waals surface area contributed by atoms with Gasteiger partial charge in [-0.1, -0.05) is 12.1 Å². The maximum atomic E-state index is 11.2. The van der Waals surface area contributed by atoms with Gasteiger partial charge in [0.1, 0.15) is 0 Å². The fourth-order valence-corrected chi connectivity index (χ4v) is 2.47. The van der Waals surface area contributed by atoms with E-state index in [0.29, 0.717) is 19.6 Å². The van der Waals surface area contributed by atoms with Crippen molar-refractivity contribution < 1.29 is 14.6 Å². The Hall–Kier alpha value is -1.39. The van der Waals surface area contributed by atoms with Crippen LogP contribution >= 0.6 is 0 Å². The van der Waals surface area contributed by atoms with Crippen molar-refractivity contribution in [2.45, 2.75) is 12.8 Å². The number of rotatable bonds is 3. The third kappa shape index (κ3) is 1.83. The van der Waals surface area contributed by atoms with Gasteiger partial charge in [-0.2, -0.15) is 0 Å². The molecule has 0 saturated carbocycles. The second-order valence-corrected chi connectivity index (χ2v) is 5.04. The van der Waals surface area contributed by atoms with Gasteiger partial charge in [0.05, 0.1) is 26.2 Å². The van der Waals surface area contributed by atoms with Crippen molar-refractivity contribution in [1.29, 1.82) is 0 Å². The maximum Gasteiger partial charge on any atom is 0.228 e. The number of fused-ring (bicyclic) bond motifs is 1. The second kappa shape index (κ2) is 3.82. The van der Waals surface area contributed by atoms with Crippen molar-refractivity contribution >= 4 is 11.6 Å². The van der Waals surface area contributed by atoms with Gasteiger partial charge in [0.2, 0.25) is 5.91 Å². The molecule has 4 nitrogen and oxygen atoms in total. The molecule has 0 radical (unpaired) electrons. The van der Waals surface area contributed by atoms with Crippen LogP contribution in [0.5, 0.6) is 0 Å². The van der Waals surface area contributed by atoms with Gasteiger partial charge in [0.15, 0.2) is 0 Å². The number of carbonyl (C=O) groups is 1. The van der Waals surface area contributed by atoms with Crippen LogP contribution in [0.4, 0.5) is 5.69 Å². The molecule has 2 N–H and O–H groups in total. The molecule has 0 aromatic heterocycles. The van der Waals surface area contributed by atoms with Crippen LogP contribution in [0.3, 0.4) is 0 Å². The molecule has 0 unspecified atom stereocenters. The van der Waals surface area contributed by atoms with E-state index < -0.39 is 0 Å². The fourth-order valence-electron chi connectivity index (χ4n) is 2.47. The molecule has 2 heterocycles. The second-order valence-electron chi connectivity index (χ2n) is 5.04. The summed E-state index contributed by atoms with van der Waals surface area (Å²) >= 11 is 0. The Kier molecular flexibility index (Phi) is 2.42. The summed E-state index contributed by atoms with van der Waals surface area (Å²) < 4.78 is 5.18. The first-order valence-corrected chi connectivity index (χ1v) is 5.81. The highest BCUT2D eigenvalue weighted by Crippen LogP contribution is 2.33. The van der Waals surface area contributed by atoms with E-state index in [0.717, 1.165) is 23.2 Å². The highest BCUT2D eigenvalue weighted by atomic mass is 16.5. The van der Waals surface area contributed by atoms with Crippen molar-refractivity contribution in [2.24, 2.45) is 5.41 Å². The third-order valence-electron chi connectivity index (χ3n) is 3.53. The van der Waals surface area contributed by atoms with Crippen molar-refractivity contribution in [3.05, 3.63) is 29.3 Å². The Labute approximate surface area is 99.6 Å². The van der Waals surface area contributed by atoms with Gasteiger partial charge in [-0.15, -0.1) is 0 Å². The number of aliphatic hydroxyl groups is 1. The van der Waals surface area contributed by atoms with Crippen LogP contribution in [0.1, 0.15) is 11.1 Å². The van der Waals surface area contributed by atoms with Crippen LogP contribution in [0.2, 0.25) is 0 Å². The molecule has 0 atom stereocenters. The Morgan fingerprint density at radius 1 is 1.41 bits per heavy atom. The number of benzene rings is 1. The molecule has 17 heavy (non-hydrogen) atoms. The number of nitrogens with one attached hydrogen (secondary N) is 1. The Balaban J connectivity index is 1.81. The van der Waals surface area contributed by atoms with Crippen molar-refractivity contribution in [3.8, 4) is 0 Å². The molecule has 90 valence electrons. The molecule has 2 aliphatic rings. The largest absolute Gasteiger partial charge is 0.396 e. The molecule has 1 aromatic rings. The lowest BCUT2D eigenvalue weighted by Gasteiger charge is -2.40. The minimum absolute atomic E-state index is 0.0565. The molecule has 1 aromatic carbocycles. The number of ether oxygens (including phenoxy) is 1. The average molecular weight is 233 g/mol. The molecule has 1 amide bonds. The van der Waals surface area contributed by atoms with E-state index in [4.69, 9.17) is 4.74 Å². The Morgan fingerprint density at radius 2 is 2.24 bits per heavy atom. The summed E-state index contributed by atoms with van der Waals surface area (Å²) in [5.41, 5.74) is 3.03. The average Bonchev–Trinajstić information content (AvgIpc) is 2.63. The smallest absolute Gasteiger partial charge is 0.228 e. The predicted octanol–water partition coefficient (Wildman–Crippen LogP) is 0.733. The van der Waals surface area contributed by atoms with Crippen LogP contribution in [-0.2, 0) is 22.4 Å². The van der Waals surface area contributed by atoms with E-state index in [1.54, 1.807) is 0 Å². The van der Waals surface area contributed by atoms with Gasteiger partial charge in [-0.05, 0) is 23.6 Å². The number of anilines is 1. The minimum Gasteiger partial charge on any atom is -0.396 e. The van der Waals surface area contributed by atoms with Crippen molar-refractivity contribution in [2.75, 3.05) is 25.1 Å². The van der Waals surface area contributed by atoms with E-state index in [1.165, 1.54) is 0 Å². The summed E-state index contributed by atoms with van der Waals surface area (Å²) in [6.45, 7) is 1.40. The first kappa shape index (κ1) is 10.7. The van der Waals surface area contributed by atoms with Crippen LogP contribution in [0.25, 0.3) is 0 Å². The molecule has 0 spiro atoms. The van der Waals surface area contributed by atoms with Gasteiger partial charge in [-0.3, -0.25) is 4.79 Å². The van der Waals surface area contributed by atoms with E-state index in [9.17, 15) is 9.90 Å². The summed E-state index contributed by atoms with van der Waals surface area (Å²) in [5, 5.41) is 12.2. The zero-order chi connectivity index (χ0) is 11.9. The monoisotopic (exact) mass is 233 g/mol. The number of amides is 1. The van der Waals surface area contributed by atoms with E-state index in [-0.39, 0.29) is 17.9 Å². The lowest BCUT2D eigenvalue weighted by molar-refractivity contribution is -0.136. The first-order valence-electron chi connectivity index (χ1n) is 5.81. The summed E-state index contributed by atoms with van der Waals surface area (Å²) in [4.78, 5) is 11.2. The van der Waals surface area contributed by atoms with Gasteiger partial charge in [0, 0.05) is 11.1 Å². The molecule has 0 aliphatic carbocycles. The minimum atomic E-state index is -0.107. The Morgan fingerprint density at radius 3 is 2.88 bits per heavy atom. The quantitative estimate of drug-likeness (QED) is 0.809. The maximum absolute atomic E-state index is 11.2. The highest BCUT2D eigenvalue weighted by molar-refractivity contribution is 5.99. The van der Waals surface area contributed by atoms with E-state index in [2.05, 4.69) is 11.4 Å². The Bertz CT molecular complexity index is 460. The molecular weight excluding hydrogens is 218 g/mol. The predicted molar refractivity (Wildman–Crippen MR) is 62.8 cm³/mol. The summed E-state index contributed by atoms with van der Waals surface area (Å²) in [6.07, 6.45) is 1.27. The van der Waals surface area contributed by atoms with Crippen LogP contribution in [0.15, 0.2) is 18.2 Å². The van der Waals surface area contributed by atoms with Gasteiger partial charge >= 0.3 is 0 Å². The summed E-state index contributed by atoms with van der Waals surface area (Å²) in [6, 6.07) is 6.02.